The fourth-order valence-corrected chi connectivity index (χ4v) is 1.96. The van der Waals surface area contributed by atoms with E-state index in [1.807, 2.05) is 29.1 Å². The van der Waals surface area contributed by atoms with Crippen molar-refractivity contribution < 1.29 is 19.4 Å². The first kappa shape index (κ1) is 13.9. The highest BCUT2D eigenvalue weighted by molar-refractivity contribution is 5.76. The van der Waals surface area contributed by atoms with Crippen LogP contribution in [0.3, 0.4) is 0 Å². The highest BCUT2D eigenvalue weighted by Gasteiger charge is 2.20. The Morgan fingerprint density at radius 1 is 1.20 bits per heavy atom. The van der Waals surface area contributed by atoms with Gasteiger partial charge in [0.15, 0.2) is 0 Å². The van der Waals surface area contributed by atoms with Crippen LogP contribution in [0, 0.1) is 0 Å². The zero-order valence-corrected chi connectivity index (χ0v) is 11.0. The number of ether oxygens (including phenoxy) is 1. The second kappa shape index (κ2) is 6.06. The normalized spacial score (nSPS) is 11.8. The molecular weight excluding hydrogens is 258 g/mol. The molecule has 0 aliphatic carbocycles. The van der Waals surface area contributed by atoms with Gasteiger partial charge in [-0.2, -0.15) is 0 Å². The van der Waals surface area contributed by atoms with Gasteiger partial charge in [0.05, 0.1) is 5.92 Å². The van der Waals surface area contributed by atoms with Gasteiger partial charge in [-0.3, -0.25) is 9.59 Å². The van der Waals surface area contributed by atoms with Crippen LogP contribution in [-0.4, -0.2) is 21.6 Å². The number of esters is 1. The summed E-state index contributed by atoms with van der Waals surface area (Å²) >= 11 is 0. The minimum atomic E-state index is -0.890. The van der Waals surface area contributed by atoms with Crippen LogP contribution in [0.1, 0.15) is 18.4 Å². The van der Waals surface area contributed by atoms with Crippen molar-refractivity contribution in [1.82, 2.24) is 4.57 Å². The Morgan fingerprint density at radius 3 is 2.30 bits per heavy atom. The maximum atomic E-state index is 11.4. The molecule has 0 bridgehead atoms. The van der Waals surface area contributed by atoms with Gasteiger partial charge in [-0.1, -0.05) is 12.1 Å². The Hall–Kier alpha value is -2.56. The summed E-state index contributed by atoms with van der Waals surface area (Å²) in [5.74, 6) is -1.53. The molecule has 104 valence electrons. The molecule has 5 nitrogen and oxygen atoms in total. The van der Waals surface area contributed by atoms with Crippen molar-refractivity contribution in [3.8, 4) is 5.75 Å². The van der Waals surface area contributed by atoms with Crippen LogP contribution in [0.4, 0.5) is 0 Å². The molecule has 0 fully saturated rings. The molecule has 2 rings (SSSR count). The summed E-state index contributed by atoms with van der Waals surface area (Å²) in [4.78, 5) is 22.2. The number of rotatable bonds is 5. The third-order valence-electron chi connectivity index (χ3n) is 2.90. The van der Waals surface area contributed by atoms with Crippen LogP contribution in [-0.2, 0) is 16.1 Å². The monoisotopic (exact) mass is 273 g/mol. The molecule has 0 aliphatic rings. The standard InChI is InChI=1S/C15H15NO4/c1-11(17)20-13-6-4-12(5-7-13)14(15(18)19)10-16-8-2-3-9-16/h2-9,14H,10H2,1H3,(H,18,19). The van der Waals surface area contributed by atoms with Gasteiger partial charge in [0.2, 0.25) is 0 Å². The second-order valence-electron chi connectivity index (χ2n) is 4.43. The van der Waals surface area contributed by atoms with E-state index in [0.717, 1.165) is 0 Å². The molecule has 5 heteroatoms. The third-order valence-corrected chi connectivity index (χ3v) is 2.90. The topological polar surface area (TPSA) is 68.5 Å². The first-order valence-electron chi connectivity index (χ1n) is 6.18. The second-order valence-corrected chi connectivity index (χ2v) is 4.43. The lowest BCUT2D eigenvalue weighted by Gasteiger charge is -2.14. The largest absolute Gasteiger partial charge is 0.481 e. The summed E-state index contributed by atoms with van der Waals surface area (Å²) < 4.78 is 6.74. The molecule has 0 saturated heterocycles. The fourth-order valence-electron chi connectivity index (χ4n) is 1.96. The van der Waals surface area contributed by atoms with Crippen molar-refractivity contribution in [2.24, 2.45) is 0 Å². The van der Waals surface area contributed by atoms with Crippen molar-refractivity contribution >= 4 is 11.9 Å². The molecule has 2 aromatic rings. The van der Waals surface area contributed by atoms with E-state index in [2.05, 4.69) is 0 Å². The zero-order chi connectivity index (χ0) is 14.5. The van der Waals surface area contributed by atoms with Gasteiger partial charge in [0.1, 0.15) is 5.75 Å². The van der Waals surface area contributed by atoms with E-state index >= 15 is 0 Å². The van der Waals surface area contributed by atoms with Gasteiger partial charge in [0, 0.05) is 25.9 Å². The Bertz CT molecular complexity index is 587. The van der Waals surface area contributed by atoms with Crippen molar-refractivity contribution in [3.05, 3.63) is 54.4 Å². The van der Waals surface area contributed by atoms with E-state index < -0.39 is 17.9 Å². The van der Waals surface area contributed by atoms with E-state index in [1.165, 1.54) is 6.92 Å². The van der Waals surface area contributed by atoms with Crippen LogP contribution >= 0.6 is 0 Å². The molecule has 1 atom stereocenters. The SMILES string of the molecule is CC(=O)Oc1ccc(C(Cn2cccc2)C(=O)O)cc1. The van der Waals surface area contributed by atoms with E-state index in [0.29, 0.717) is 17.9 Å². The van der Waals surface area contributed by atoms with Crippen molar-refractivity contribution in [3.63, 3.8) is 0 Å². The summed E-state index contributed by atoms with van der Waals surface area (Å²) in [6, 6.07) is 10.2. The molecule has 1 N–H and O–H groups in total. The quantitative estimate of drug-likeness (QED) is 0.670. The number of benzene rings is 1. The first-order chi connectivity index (χ1) is 9.56. The van der Waals surface area contributed by atoms with Crippen LogP contribution in [0.15, 0.2) is 48.8 Å². The molecule has 1 aromatic carbocycles. The molecule has 0 radical (unpaired) electrons. The van der Waals surface area contributed by atoms with Gasteiger partial charge in [0.25, 0.3) is 0 Å². The van der Waals surface area contributed by atoms with Gasteiger partial charge in [-0.05, 0) is 29.8 Å². The fraction of sp³-hybridized carbons (Fsp3) is 0.200. The van der Waals surface area contributed by atoms with E-state index in [4.69, 9.17) is 4.74 Å². The molecule has 1 unspecified atom stereocenters. The van der Waals surface area contributed by atoms with E-state index in [-0.39, 0.29) is 0 Å². The number of carbonyl (C=O) groups is 2. The molecule has 0 aliphatic heterocycles. The van der Waals surface area contributed by atoms with Crippen LogP contribution < -0.4 is 4.74 Å². The molecule has 1 heterocycles. The number of carboxylic acid groups (broad SMARTS) is 1. The molecule has 0 spiro atoms. The lowest BCUT2D eigenvalue weighted by molar-refractivity contribution is -0.139. The van der Waals surface area contributed by atoms with Gasteiger partial charge in [-0.25, -0.2) is 0 Å². The van der Waals surface area contributed by atoms with E-state index in [9.17, 15) is 14.7 Å². The maximum Gasteiger partial charge on any atom is 0.312 e. The van der Waals surface area contributed by atoms with Crippen molar-refractivity contribution in [2.75, 3.05) is 0 Å². The summed E-state index contributed by atoms with van der Waals surface area (Å²) in [6.45, 7) is 1.68. The lowest BCUT2D eigenvalue weighted by Crippen LogP contribution is -2.17. The van der Waals surface area contributed by atoms with Crippen LogP contribution in [0.25, 0.3) is 0 Å². The summed E-state index contributed by atoms with van der Waals surface area (Å²) in [6.07, 6.45) is 3.65. The Labute approximate surface area is 116 Å². The highest BCUT2D eigenvalue weighted by atomic mass is 16.5. The molecule has 0 saturated carbocycles. The Kier molecular flexibility index (Phi) is 4.20. The van der Waals surface area contributed by atoms with Crippen molar-refractivity contribution in [2.45, 2.75) is 19.4 Å². The lowest BCUT2D eigenvalue weighted by atomic mass is 9.99. The zero-order valence-electron chi connectivity index (χ0n) is 11.0. The number of nitrogens with zero attached hydrogens (tertiary/aromatic N) is 1. The van der Waals surface area contributed by atoms with E-state index in [1.54, 1.807) is 24.3 Å². The van der Waals surface area contributed by atoms with Crippen LogP contribution in [0.2, 0.25) is 0 Å². The summed E-state index contributed by atoms with van der Waals surface area (Å²) in [7, 11) is 0. The number of aromatic nitrogens is 1. The predicted octanol–water partition coefficient (Wildman–Crippen LogP) is 2.28. The number of carboxylic acids is 1. The minimum absolute atomic E-state index is 0.356. The number of hydrogen-bond acceptors (Lipinski definition) is 3. The summed E-state index contributed by atoms with van der Waals surface area (Å²) in [5, 5.41) is 9.34. The average Bonchev–Trinajstić information content (AvgIpc) is 2.89. The average molecular weight is 273 g/mol. The molecular formula is C15H15NO4. The Morgan fingerprint density at radius 2 is 1.80 bits per heavy atom. The molecule has 1 aromatic heterocycles. The number of aliphatic carboxylic acids is 1. The van der Waals surface area contributed by atoms with Gasteiger partial charge >= 0.3 is 11.9 Å². The third kappa shape index (κ3) is 3.47. The minimum Gasteiger partial charge on any atom is -0.481 e. The highest BCUT2D eigenvalue weighted by Crippen LogP contribution is 2.22. The maximum absolute atomic E-state index is 11.4. The number of hydrogen-bond donors (Lipinski definition) is 1. The van der Waals surface area contributed by atoms with Crippen molar-refractivity contribution in [1.29, 1.82) is 0 Å². The van der Waals surface area contributed by atoms with Gasteiger partial charge in [-0.15, -0.1) is 0 Å². The first-order valence-corrected chi connectivity index (χ1v) is 6.18. The molecule has 20 heavy (non-hydrogen) atoms. The summed E-state index contributed by atoms with van der Waals surface area (Å²) in [5.41, 5.74) is 0.669. The van der Waals surface area contributed by atoms with Gasteiger partial charge < -0.3 is 14.4 Å². The predicted molar refractivity (Wildman–Crippen MR) is 72.6 cm³/mol. The molecule has 0 amide bonds. The number of carbonyl (C=O) groups excluding carboxylic acids is 1. The Balaban J connectivity index is 2.17. The smallest absolute Gasteiger partial charge is 0.312 e. The van der Waals surface area contributed by atoms with Crippen LogP contribution in [0.5, 0.6) is 5.75 Å².